The van der Waals surface area contributed by atoms with E-state index in [0.29, 0.717) is 0 Å². The summed E-state index contributed by atoms with van der Waals surface area (Å²) in [6.45, 7) is 3.06. The Bertz CT molecular complexity index is 527. The molecule has 0 spiro atoms. The van der Waals surface area contributed by atoms with Crippen LogP contribution in [0, 0.1) is 0 Å². The van der Waals surface area contributed by atoms with E-state index in [1.54, 1.807) is 0 Å². The Labute approximate surface area is 138 Å². The van der Waals surface area contributed by atoms with Gasteiger partial charge in [-0.3, -0.25) is 0 Å². The van der Waals surface area contributed by atoms with Crippen molar-refractivity contribution in [3.63, 3.8) is 0 Å². The number of rotatable bonds is 12. The number of hydrogen-bond acceptors (Lipinski definition) is 4. The fourth-order valence-electron chi connectivity index (χ4n) is 2.67. The number of fused-ring (bicyclic) bond motifs is 1. The first-order valence-corrected chi connectivity index (χ1v) is 9.49. The van der Waals surface area contributed by atoms with E-state index in [-0.39, 0.29) is 0 Å². The molecular weight excluding hydrogens is 292 g/mol. The van der Waals surface area contributed by atoms with Crippen LogP contribution in [0.15, 0.2) is 18.2 Å². The van der Waals surface area contributed by atoms with E-state index in [2.05, 4.69) is 15.7 Å². The van der Waals surface area contributed by atoms with Crippen molar-refractivity contribution >= 4 is 22.8 Å². The molecule has 0 fully saturated rings. The summed E-state index contributed by atoms with van der Waals surface area (Å²) >= 11 is 1.25. The molecule has 1 heterocycles. The first kappa shape index (κ1) is 17.2. The molecule has 0 aliphatic heterocycles. The minimum Gasteiger partial charge on any atom is -0.491 e. The molecule has 2 rings (SSSR count). The van der Waals surface area contributed by atoms with Gasteiger partial charge in [0.25, 0.3) is 0 Å². The van der Waals surface area contributed by atoms with Crippen molar-refractivity contribution in [1.29, 1.82) is 0 Å². The number of ether oxygens (including phenoxy) is 1. The van der Waals surface area contributed by atoms with Crippen LogP contribution in [0.3, 0.4) is 0 Å². The number of hydrogen-bond donors (Lipinski definition) is 0. The first-order chi connectivity index (χ1) is 10.9. The van der Waals surface area contributed by atoms with Gasteiger partial charge in [0.1, 0.15) is 16.8 Å². The average Bonchev–Trinajstić information content (AvgIpc) is 3.02. The molecule has 0 radical (unpaired) electrons. The Morgan fingerprint density at radius 2 is 1.55 bits per heavy atom. The minimum atomic E-state index is 0.785. The molecule has 22 heavy (non-hydrogen) atoms. The Kier molecular flexibility index (Phi) is 8.24. The van der Waals surface area contributed by atoms with Crippen LogP contribution in [0.25, 0.3) is 11.0 Å². The Hall–Kier alpha value is -1.16. The van der Waals surface area contributed by atoms with Crippen molar-refractivity contribution in [2.75, 3.05) is 6.61 Å². The Morgan fingerprint density at radius 1 is 0.864 bits per heavy atom. The van der Waals surface area contributed by atoms with E-state index < -0.39 is 0 Å². The maximum absolute atomic E-state index is 5.85. The van der Waals surface area contributed by atoms with Gasteiger partial charge >= 0.3 is 0 Å². The van der Waals surface area contributed by atoms with Crippen molar-refractivity contribution in [3.05, 3.63) is 18.2 Å². The van der Waals surface area contributed by atoms with E-state index >= 15 is 0 Å². The topological polar surface area (TPSA) is 35.0 Å². The zero-order chi connectivity index (χ0) is 15.5. The molecule has 0 atom stereocenters. The SMILES string of the molecule is CCCCCCCCCCCCOc1cccc2nsnc12. The van der Waals surface area contributed by atoms with Crippen molar-refractivity contribution in [1.82, 2.24) is 8.75 Å². The molecule has 3 nitrogen and oxygen atoms in total. The second-order valence-electron chi connectivity index (χ2n) is 5.92. The molecule has 0 unspecified atom stereocenters. The van der Waals surface area contributed by atoms with E-state index in [9.17, 15) is 0 Å². The quantitative estimate of drug-likeness (QED) is 0.450. The van der Waals surface area contributed by atoms with Gasteiger partial charge in [-0.05, 0) is 18.6 Å². The second kappa shape index (κ2) is 10.5. The number of benzene rings is 1. The van der Waals surface area contributed by atoms with Crippen molar-refractivity contribution < 1.29 is 4.74 Å². The lowest BCUT2D eigenvalue weighted by Gasteiger charge is -2.06. The smallest absolute Gasteiger partial charge is 0.148 e. The van der Waals surface area contributed by atoms with Crippen LogP contribution in [0.5, 0.6) is 5.75 Å². The highest BCUT2D eigenvalue weighted by molar-refractivity contribution is 7.00. The van der Waals surface area contributed by atoms with Crippen molar-refractivity contribution in [2.24, 2.45) is 0 Å². The zero-order valence-electron chi connectivity index (χ0n) is 13.7. The normalized spacial score (nSPS) is 11.1. The predicted octanol–water partition coefficient (Wildman–Crippen LogP) is 5.99. The summed E-state index contributed by atoms with van der Waals surface area (Å²) in [5.41, 5.74) is 1.84. The van der Waals surface area contributed by atoms with E-state index in [0.717, 1.165) is 29.8 Å². The Morgan fingerprint density at radius 3 is 2.27 bits per heavy atom. The van der Waals surface area contributed by atoms with Gasteiger partial charge in [-0.25, -0.2) is 0 Å². The van der Waals surface area contributed by atoms with Gasteiger partial charge in [-0.2, -0.15) is 8.75 Å². The highest BCUT2D eigenvalue weighted by Gasteiger charge is 2.05. The lowest BCUT2D eigenvalue weighted by molar-refractivity contribution is 0.307. The molecule has 0 aliphatic carbocycles. The molecule has 0 N–H and O–H groups in total. The molecule has 0 saturated heterocycles. The largest absolute Gasteiger partial charge is 0.491 e. The van der Waals surface area contributed by atoms with E-state index in [1.165, 1.54) is 69.5 Å². The van der Waals surface area contributed by atoms with Crippen LogP contribution in [0.4, 0.5) is 0 Å². The van der Waals surface area contributed by atoms with Crippen molar-refractivity contribution in [2.45, 2.75) is 71.1 Å². The fourth-order valence-corrected chi connectivity index (χ4v) is 3.21. The highest BCUT2D eigenvalue weighted by Crippen LogP contribution is 2.23. The van der Waals surface area contributed by atoms with Gasteiger partial charge in [0.2, 0.25) is 0 Å². The molecule has 122 valence electrons. The number of unbranched alkanes of at least 4 members (excludes halogenated alkanes) is 9. The third-order valence-corrected chi connectivity index (χ3v) is 4.55. The van der Waals surface area contributed by atoms with Gasteiger partial charge in [0, 0.05) is 0 Å². The maximum atomic E-state index is 5.85. The van der Waals surface area contributed by atoms with Crippen LogP contribution in [0.1, 0.15) is 71.1 Å². The van der Waals surface area contributed by atoms with Gasteiger partial charge in [0.05, 0.1) is 18.3 Å². The maximum Gasteiger partial charge on any atom is 0.148 e. The van der Waals surface area contributed by atoms with Gasteiger partial charge in [-0.1, -0.05) is 70.8 Å². The molecular formula is C18H28N2OS. The summed E-state index contributed by atoms with van der Waals surface area (Å²) in [6.07, 6.45) is 13.5. The average molecular weight is 321 g/mol. The molecule has 4 heteroatoms. The van der Waals surface area contributed by atoms with Crippen LogP contribution in [-0.2, 0) is 0 Å². The molecule has 1 aromatic carbocycles. The third-order valence-electron chi connectivity index (χ3n) is 4.00. The number of aromatic nitrogens is 2. The predicted molar refractivity (Wildman–Crippen MR) is 94.8 cm³/mol. The van der Waals surface area contributed by atoms with Crippen LogP contribution < -0.4 is 4.74 Å². The minimum absolute atomic E-state index is 0.785. The zero-order valence-corrected chi connectivity index (χ0v) is 14.5. The highest BCUT2D eigenvalue weighted by atomic mass is 32.1. The van der Waals surface area contributed by atoms with Crippen LogP contribution >= 0.6 is 11.7 Å². The summed E-state index contributed by atoms with van der Waals surface area (Å²) in [5, 5.41) is 0. The standard InChI is InChI=1S/C18H28N2OS/c1-2-3-4-5-6-7-8-9-10-11-15-21-17-14-12-13-16-18(17)20-22-19-16/h12-14H,2-11,15H2,1H3. The third kappa shape index (κ3) is 5.91. The molecule has 0 amide bonds. The van der Waals surface area contributed by atoms with Crippen molar-refractivity contribution in [3.8, 4) is 5.75 Å². The summed E-state index contributed by atoms with van der Waals surface area (Å²) < 4.78 is 14.4. The van der Waals surface area contributed by atoms with E-state index in [1.807, 2.05) is 18.2 Å². The van der Waals surface area contributed by atoms with E-state index in [4.69, 9.17) is 4.74 Å². The molecule has 1 aromatic heterocycles. The monoisotopic (exact) mass is 320 g/mol. The van der Waals surface area contributed by atoms with Crippen LogP contribution in [-0.4, -0.2) is 15.4 Å². The second-order valence-corrected chi connectivity index (χ2v) is 6.45. The van der Waals surface area contributed by atoms with Gasteiger partial charge in [-0.15, -0.1) is 0 Å². The summed E-state index contributed by atoms with van der Waals surface area (Å²) in [6, 6.07) is 5.95. The number of nitrogens with zero attached hydrogens (tertiary/aromatic N) is 2. The summed E-state index contributed by atoms with van der Waals surface area (Å²) in [7, 11) is 0. The molecule has 0 aliphatic rings. The first-order valence-electron chi connectivity index (χ1n) is 8.76. The summed E-state index contributed by atoms with van der Waals surface area (Å²) in [4.78, 5) is 0. The Balaban J connectivity index is 1.49. The fraction of sp³-hybridized carbons (Fsp3) is 0.667. The molecule has 0 saturated carbocycles. The molecule has 2 aromatic rings. The van der Waals surface area contributed by atoms with Crippen LogP contribution in [0.2, 0.25) is 0 Å². The summed E-state index contributed by atoms with van der Waals surface area (Å²) in [5.74, 6) is 0.877. The molecule has 0 bridgehead atoms. The van der Waals surface area contributed by atoms with Gasteiger partial charge in [0.15, 0.2) is 0 Å². The van der Waals surface area contributed by atoms with Gasteiger partial charge < -0.3 is 4.74 Å². The lowest BCUT2D eigenvalue weighted by Crippen LogP contribution is -1.97. The lowest BCUT2D eigenvalue weighted by atomic mass is 10.1.